The van der Waals surface area contributed by atoms with E-state index in [4.69, 9.17) is 17.3 Å². The summed E-state index contributed by atoms with van der Waals surface area (Å²) in [7, 11) is 0. The summed E-state index contributed by atoms with van der Waals surface area (Å²) in [5.74, 6) is 1.07. The number of hydrogen-bond donors (Lipinski definition) is 1. The Balaban J connectivity index is 2.38. The standard InChI is InChI=1S/C14H20ClN3/c1-3-5-11(16)9-14-17-12-7-6-10(15)8-13(12)18(14)4-2/h6-8,11H,3-5,9,16H2,1-2H3. The van der Waals surface area contributed by atoms with Gasteiger partial charge < -0.3 is 10.3 Å². The van der Waals surface area contributed by atoms with Crippen LogP contribution in [0.2, 0.25) is 5.02 Å². The van der Waals surface area contributed by atoms with Gasteiger partial charge >= 0.3 is 0 Å². The summed E-state index contributed by atoms with van der Waals surface area (Å²) in [6.45, 7) is 5.17. The molecule has 1 aromatic carbocycles. The number of halogens is 1. The van der Waals surface area contributed by atoms with Crippen molar-refractivity contribution in [3.63, 3.8) is 0 Å². The molecule has 0 bridgehead atoms. The quantitative estimate of drug-likeness (QED) is 0.901. The van der Waals surface area contributed by atoms with Crippen molar-refractivity contribution >= 4 is 22.6 Å². The van der Waals surface area contributed by atoms with Crippen LogP contribution in [0.15, 0.2) is 18.2 Å². The fraction of sp³-hybridized carbons (Fsp3) is 0.500. The van der Waals surface area contributed by atoms with Crippen LogP contribution in [0.3, 0.4) is 0 Å². The zero-order valence-electron chi connectivity index (χ0n) is 11.0. The van der Waals surface area contributed by atoms with Crippen molar-refractivity contribution in [2.75, 3.05) is 0 Å². The van der Waals surface area contributed by atoms with E-state index in [1.807, 2.05) is 18.2 Å². The number of rotatable bonds is 5. The average molecular weight is 266 g/mol. The normalized spacial score (nSPS) is 13.1. The Morgan fingerprint density at radius 3 is 2.83 bits per heavy atom. The number of benzene rings is 1. The smallest absolute Gasteiger partial charge is 0.111 e. The molecule has 0 aliphatic carbocycles. The lowest BCUT2D eigenvalue weighted by molar-refractivity contribution is 0.566. The number of fused-ring (bicyclic) bond motifs is 1. The van der Waals surface area contributed by atoms with Gasteiger partial charge in [0, 0.05) is 24.0 Å². The van der Waals surface area contributed by atoms with Gasteiger partial charge in [-0.25, -0.2) is 4.98 Å². The topological polar surface area (TPSA) is 43.8 Å². The minimum atomic E-state index is 0.188. The van der Waals surface area contributed by atoms with Gasteiger partial charge in [-0.2, -0.15) is 0 Å². The van der Waals surface area contributed by atoms with Gasteiger partial charge in [-0.15, -0.1) is 0 Å². The third kappa shape index (κ3) is 2.68. The Morgan fingerprint density at radius 1 is 1.39 bits per heavy atom. The molecule has 0 spiro atoms. The Hall–Kier alpha value is -1.06. The van der Waals surface area contributed by atoms with Gasteiger partial charge in [0.25, 0.3) is 0 Å². The predicted molar refractivity (Wildman–Crippen MR) is 77.0 cm³/mol. The van der Waals surface area contributed by atoms with Crippen molar-refractivity contribution in [2.24, 2.45) is 5.73 Å². The average Bonchev–Trinajstić information content (AvgIpc) is 2.65. The lowest BCUT2D eigenvalue weighted by Gasteiger charge is -2.11. The van der Waals surface area contributed by atoms with Gasteiger partial charge in [0.05, 0.1) is 11.0 Å². The van der Waals surface area contributed by atoms with Crippen molar-refractivity contribution < 1.29 is 0 Å². The molecular formula is C14H20ClN3. The Labute approximate surface area is 113 Å². The van der Waals surface area contributed by atoms with Gasteiger partial charge in [0.15, 0.2) is 0 Å². The predicted octanol–water partition coefficient (Wildman–Crippen LogP) is 3.38. The molecule has 1 unspecified atom stereocenters. The number of aromatic nitrogens is 2. The molecule has 3 nitrogen and oxygen atoms in total. The zero-order valence-corrected chi connectivity index (χ0v) is 11.7. The first-order chi connectivity index (χ1) is 8.65. The fourth-order valence-electron chi connectivity index (χ4n) is 2.36. The summed E-state index contributed by atoms with van der Waals surface area (Å²) in [6, 6.07) is 6.01. The number of aryl methyl sites for hydroxylation is 1. The highest BCUT2D eigenvalue weighted by molar-refractivity contribution is 6.31. The summed E-state index contributed by atoms with van der Waals surface area (Å²) in [5.41, 5.74) is 8.21. The summed E-state index contributed by atoms with van der Waals surface area (Å²) in [5, 5.41) is 0.751. The van der Waals surface area contributed by atoms with E-state index in [0.29, 0.717) is 0 Å². The van der Waals surface area contributed by atoms with Crippen molar-refractivity contribution in [1.29, 1.82) is 0 Å². The molecule has 2 rings (SSSR count). The van der Waals surface area contributed by atoms with Gasteiger partial charge in [0.2, 0.25) is 0 Å². The number of nitrogens with two attached hydrogens (primary N) is 1. The van der Waals surface area contributed by atoms with Gasteiger partial charge in [-0.05, 0) is 31.5 Å². The highest BCUT2D eigenvalue weighted by Crippen LogP contribution is 2.21. The van der Waals surface area contributed by atoms with Crippen LogP contribution < -0.4 is 5.73 Å². The van der Waals surface area contributed by atoms with Gasteiger partial charge in [-0.1, -0.05) is 24.9 Å². The number of imidazole rings is 1. The van der Waals surface area contributed by atoms with Crippen LogP contribution in [-0.4, -0.2) is 15.6 Å². The second kappa shape index (κ2) is 5.72. The first kappa shape index (κ1) is 13.4. The SMILES string of the molecule is CCCC(N)Cc1nc2ccc(Cl)cc2n1CC. The number of hydrogen-bond acceptors (Lipinski definition) is 2. The maximum atomic E-state index is 6.11. The van der Waals surface area contributed by atoms with E-state index in [-0.39, 0.29) is 6.04 Å². The molecule has 1 heterocycles. The molecule has 0 amide bonds. The third-order valence-corrected chi connectivity index (χ3v) is 3.44. The van der Waals surface area contributed by atoms with Crippen molar-refractivity contribution in [3.05, 3.63) is 29.0 Å². The van der Waals surface area contributed by atoms with Crippen LogP contribution in [0.5, 0.6) is 0 Å². The van der Waals surface area contributed by atoms with Crippen LogP contribution in [0.1, 0.15) is 32.5 Å². The molecule has 0 saturated carbocycles. The van der Waals surface area contributed by atoms with E-state index >= 15 is 0 Å². The second-order valence-electron chi connectivity index (χ2n) is 4.66. The van der Waals surface area contributed by atoms with E-state index in [0.717, 1.165) is 47.7 Å². The molecule has 1 atom stereocenters. The highest BCUT2D eigenvalue weighted by Gasteiger charge is 2.12. The van der Waals surface area contributed by atoms with Crippen molar-refractivity contribution in [3.8, 4) is 0 Å². The molecular weight excluding hydrogens is 246 g/mol. The molecule has 0 fully saturated rings. The molecule has 98 valence electrons. The first-order valence-corrected chi connectivity index (χ1v) is 6.93. The molecule has 0 aliphatic rings. The van der Waals surface area contributed by atoms with E-state index in [1.165, 1.54) is 0 Å². The Bertz CT molecular complexity index is 533. The molecule has 1 aromatic heterocycles. The lowest BCUT2D eigenvalue weighted by atomic mass is 10.1. The van der Waals surface area contributed by atoms with E-state index < -0.39 is 0 Å². The van der Waals surface area contributed by atoms with Crippen molar-refractivity contribution in [1.82, 2.24) is 9.55 Å². The molecule has 4 heteroatoms. The Morgan fingerprint density at radius 2 is 2.17 bits per heavy atom. The van der Waals surface area contributed by atoms with E-state index in [9.17, 15) is 0 Å². The van der Waals surface area contributed by atoms with Crippen LogP contribution >= 0.6 is 11.6 Å². The summed E-state index contributed by atoms with van der Waals surface area (Å²) >= 11 is 6.05. The first-order valence-electron chi connectivity index (χ1n) is 6.56. The molecule has 0 saturated heterocycles. The monoisotopic (exact) mass is 265 g/mol. The van der Waals surface area contributed by atoms with Crippen molar-refractivity contribution in [2.45, 2.75) is 45.7 Å². The van der Waals surface area contributed by atoms with E-state index in [2.05, 4.69) is 23.4 Å². The molecule has 0 radical (unpaired) electrons. The van der Waals surface area contributed by atoms with Gasteiger partial charge in [-0.3, -0.25) is 0 Å². The fourth-order valence-corrected chi connectivity index (χ4v) is 2.53. The van der Waals surface area contributed by atoms with E-state index in [1.54, 1.807) is 0 Å². The highest BCUT2D eigenvalue weighted by atomic mass is 35.5. The maximum absolute atomic E-state index is 6.11. The summed E-state index contributed by atoms with van der Waals surface area (Å²) in [4.78, 5) is 4.67. The van der Waals surface area contributed by atoms with Crippen LogP contribution in [0, 0.1) is 0 Å². The second-order valence-corrected chi connectivity index (χ2v) is 5.09. The zero-order chi connectivity index (χ0) is 13.1. The molecule has 0 aliphatic heterocycles. The largest absolute Gasteiger partial charge is 0.328 e. The third-order valence-electron chi connectivity index (χ3n) is 3.21. The molecule has 2 N–H and O–H groups in total. The lowest BCUT2D eigenvalue weighted by Crippen LogP contribution is -2.24. The van der Waals surface area contributed by atoms with Crippen LogP contribution in [0.4, 0.5) is 0 Å². The minimum absolute atomic E-state index is 0.188. The maximum Gasteiger partial charge on any atom is 0.111 e. The Kier molecular flexibility index (Phi) is 4.25. The molecule has 18 heavy (non-hydrogen) atoms. The molecule has 2 aromatic rings. The summed E-state index contributed by atoms with van der Waals surface area (Å²) < 4.78 is 2.21. The minimum Gasteiger partial charge on any atom is -0.328 e. The summed E-state index contributed by atoms with van der Waals surface area (Å²) in [6.07, 6.45) is 2.97. The van der Waals surface area contributed by atoms with Crippen LogP contribution in [0.25, 0.3) is 11.0 Å². The van der Waals surface area contributed by atoms with Crippen LogP contribution in [-0.2, 0) is 13.0 Å². The number of nitrogens with zero attached hydrogens (tertiary/aromatic N) is 2. The van der Waals surface area contributed by atoms with Gasteiger partial charge in [0.1, 0.15) is 5.82 Å².